The van der Waals surface area contributed by atoms with E-state index in [1.807, 2.05) is 36.1 Å². The van der Waals surface area contributed by atoms with Crippen LogP contribution in [0, 0.1) is 12.3 Å². The summed E-state index contributed by atoms with van der Waals surface area (Å²) in [4.78, 5) is 32.7. The maximum absolute atomic E-state index is 14.1. The Kier molecular flexibility index (Phi) is 8.85. The summed E-state index contributed by atoms with van der Waals surface area (Å²) in [5, 5.41) is 0. The van der Waals surface area contributed by atoms with Gasteiger partial charge in [0.25, 0.3) is 6.43 Å². The maximum Gasteiger partial charge on any atom is 0.416 e. The molecular weight excluding hydrogens is 553 g/mol. The van der Waals surface area contributed by atoms with E-state index in [0.29, 0.717) is 25.3 Å². The van der Waals surface area contributed by atoms with Crippen molar-refractivity contribution >= 4 is 11.9 Å². The van der Waals surface area contributed by atoms with E-state index in [1.54, 1.807) is 17.1 Å². The summed E-state index contributed by atoms with van der Waals surface area (Å²) >= 11 is 0. The van der Waals surface area contributed by atoms with Crippen LogP contribution >= 0.6 is 0 Å². The van der Waals surface area contributed by atoms with Crippen LogP contribution in [0.4, 0.5) is 26.7 Å². The molecule has 2 heterocycles. The molecule has 0 bridgehead atoms. The highest BCUT2D eigenvalue weighted by Crippen LogP contribution is 2.50. The third-order valence-electron chi connectivity index (χ3n) is 8.74. The van der Waals surface area contributed by atoms with E-state index in [1.165, 1.54) is 18.9 Å². The van der Waals surface area contributed by atoms with Gasteiger partial charge in [-0.2, -0.15) is 13.2 Å². The van der Waals surface area contributed by atoms with Gasteiger partial charge in [-0.25, -0.2) is 13.6 Å². The van der Waals surface area contributed by atoms with Gasteiger partial charge >= 0.3 is 12.2 Å². The molecule has 2 fully saturated rings. The van der Waals surface area contributed by atoms with E-state index < -0.39 is 47.3 Å². The summed E-state index contributed by atoms with van der Waals surface area (Å²) in [6.07, 6.45) is -3.10. The number of fused-ring (bicyclic) bond motifs is 1. The van der Waals surface area contributed by atoms with Crippen molar-refractivity contribution in [1.82, 2.24) is 14.7 Å². The molecule has 0 radical (unpaired) electrons. The molecule has 2 aromatic carbocycles. The van der Waals surface area contributed by atoms with E-state index in [4.69, 9.17) is 0 Å². The minimum atomic E-state index is -4.83. The molecule has 0 spiro atoms. The number of carbonyl (C=O) groups excluding carboxylic acids is 2. The lowest BCUT2D eigenvalue weighted by Crippen LogP contribution is -2.57. The summed E-state index contributed by atoms with van der Waals surface area (Å²) in [7, 11) is 1.45. The second-order valence-corrected chi connectivity index (χ2v) is 11.3. The molecular formula is C32H36F5N3O2. The third kappa shape index (κ3) is 5.68. The van der Waals surface area contributed by atoms with Crippen molar-refractivity contribution in [2.24, 2.45) is 5.41 Å². The van der Waals surface area contributed by atoms with Crippen molar-refractivity contribution in [1.29, 1.82) is 0 Å². The molecule has 2 aliphatic rings. The fraction of sp³-hybridized carbons (Fsp3) is 0.438. The Morgan fingerprint density at radius 3 is 2.29 bits per heavy atom. The van der Waals surface area contributed by atoms with Crippen LogP contribution in [0.15, 0.2) is 67.8 Å². The van der Waals surface area contributed by atoms with E-state index in [9.17, 15) is 31.5 Å². The Bertz CT molecular complexity index is 1350. The number of rotatable bonds is 8. The summed E-state index contributed by atoms with van der Waals surface area (Å²) in [5.74, 6) is -0.0109. The number of urea groups is 1. The monoisotopic (exact) mass is 589 g/mol. The molecule has 5 nitrogen and oxygen atoms in total. The van der Waals surface area contributed by atoms with Crippen LogP contribution in [-0.2, 0) is 11.0 Å². The molecule has 2 saturated heterocycles. The summed E-state index contributed by atoms with van der Waals surface area (Å²) < 4.78 is 67.7. The van der Waals surface area contributed by atoms with Crippen LogP contribution in [0.25, 0.3) is 0 Å². The topological polar surface area (TPSA) is 43.9 Å². The quantitative estimate of drug-likeness (QED) is 0.232. The maximum atomic E-state index is 14.1. The largest absolute Gasteiger partial charge is 0.416 e. The average Bonchev–Trinajstić information content (AvgIpc) is 3.22. The minimum absolute atomic E-state index is 0.0109. The second kappa shape index (κ2) is 11.9. The van der Waals surface area contributed by atoms with Crippen LogP contribution in [0.5, 0.6) is 0 Å². The van der Waals surface area contributed by atoms with Crippen molar-refractivity contribution in [2.75, 3.05) is 20.1 Å². The number of allylic oxidation sites excluding steroid dienone is 2. The second-order valence-electron chi connectivity index (χ2n) is 11.3. The van der Waals surface area contributed by atoms with Crippen LogP contribution < -0.4 is 0 Å². The zero-order valence-corrected chi connectivity index (χ0v) is 24.0. The number of nitrogens with zero attached hydrogens (tertiary/aromatic N) is 3. The van der Waals surface area contributed by atoms with E-state index in [2.05, 4.69) is 13.2 Å². The first kappa shape index (κ1) is 31.3. The van der Waals surface area contributed by atoms with Gasteiger partial charge in [-0.15, -0.1) is 13.2 Å². The summed E-state index contributed by atoms with van der Waals surface area (Å²) in [5.41, 5.74) is -0.939. The van der Waals surface area contributed by atoms with Crippen molar-refractivity contribution < 1.29 is 31.5 Å². The van der Waals surface area contributed by atoms with Crippen LogP contribution in [0.3, 0.4) is 0 Å². The number of halogens is 5. The Labute approximate surface area is 243 Å². The number of hydrogen-bond donors (Lipinski definition) is 0. The van der Waals surface area contributed by atoms with E-state index in [-0.39, 0.29) is 30.6 Å². The van der Waals surface area contributed by atoms with Crippen molar-refractivity contribution in [2.45, 2.75) is 63.8 Å². The first-order valence-corrected chi connectivity index (χ1v) is 13.9. The summed E-state index contributed by atoms with van der Waals surface area (Å²) in [6, 6.07) is 7.56. The van der Waals surface area contributed by atoms with Crippen molar-refractivity contribution in [3.05, 3.63) is 95.6 Å². The molecule has 4 rings (SSSR count). The van der Waals surface area contributed by atoms with Gasteiger partial charge in [0.2, 0.25) is 5.91 Å². The Balaban J connectivity index is 1.73. The Morgan fingerprint density at radius 1 is 1.10 bits per heavy atom. The van der Waals surface area contributed by atoms with Crippen molar-refractivity contribution in [3.8, 4) is 0 Å². The van der Waals surface area contributed by atoms with Gasteiger partial charge in [-0.1, -0.05) is 36.4 Å². The summed E-state index contributed by atoms with van der Waals surface area (Å²) in [6.45, 7) is 11.6. The lowest BCUT2D eigenvalue weighted by Gasteiger charge is -2.47. The smallest absolute Gasteiger partial charge is 0.335 e. The van der Waals surface area contributed by atoms with Gasteiger partial charge < -0.3 is 14.7 Å². The Morgan fingerprint density at radius 2 is 1.71 bits per heavy atom. The van der Waals surface area contributed by atoms with E-state index in [0.717, 1.165) is 23.3 Å². The normalized spacial score (nSPS) is 20.8. The SMILES string of the molecule is C=CCC1(CC=C)CC2C(c3ccccc3C)N(C(=O)N(C)C(C)c3cc(C(F)F)cc(C(F)(F)F)c3)CCN2C1=O. The predicted molar refractivity (Wildman–Crippen MR) is 151 cm³/mol. The highest BCUT2D eigenvalue weighted by Gasteiger charge is 2.56. The molecule has 0 aromatic heterocycles. The molecule has 42 heavy (non-hydrogen) atoms. The average molecular weight is 590 g/mol. The molecule has 0 aliphatic carbocycles. The fourth-order valence-corrected chi connectivity index (χ4v) is 6.45. The number of aryl methyl sites for hydroxylation is 1. The first-order chi connectivity index (χ1) is 19.8. The molecule has 0 saturated carbocycles. The minimum Gasteiger partial charge on any atom is -0.335 e. The fourth-order valence-electron chi connectivity index (χ4n) is 6.45. The predicted octanol–water partition coefficient (Wildman–Crippen LogP) is 7.86. The van der Waals surface area contributed by atoms with Crippen molar-refractivity contribution in [3.63, 3.8) is 0 Å². The van der Waals surface area contributed by atoms with Gasteiger partial charge in [0.15, 0.2) is 0 Å². The highest BCUT2D eigenvalue weighted by atomic mass is 19.4. The lowest BCUT2D eigenvalue weighted by atomic mass is 9.76. The van der Waals surface area contributed by atoms with Gasteiger partial charge in [0, 0.05) is 25.7 Å². The molecule has 10 heteroatoms. The van der Waals surface area contributed by atoms with Gasteiger partial charge in [0.1, 0.15) is 0 Å². The Hall–Kier alpha value is -3.69. The number of benzene rings is 2. The zero-order chi connectivity index (χ0) is 31.0. The standard InChI is InChI=1S/C32H36F5N3O2/c1-6-12-31(13-7-2)19-26-27(25-11-9-8-10-20(25)3)40(15-14-39(26)29(31)41)30(42)38(5)21(4)22-16-23(28(33)34)18-24(17-22)32(35,36)37/h6-11,16-18,21,26-28H,1-2,12-15,19H2,3-5H3. The molecule has 3 atom stereocenters. The lowest BCUT2D eigenvalue weighted by molar-refractivity contribution is -0.139. The van der Waals surface area contributed by atoms with Crippen LogP contribution in [0.1, 0.15) is 72.5 Å². The molecule has 2 aliphatic heterocycles. The first-order valence-electron chi connectivity index (χ1n) is 13.9. The van der Waals surface area contributed by atoms with Gasteiger partial charge in [0.05, 0.1) is 29.1 Å². The number of alkyl halides is 5. The number of piperazine rings is 1. The third-order valence-corrected chi connectivity index (χ3v) is 8.74. The van der Waals surface area contributed by atoms with Gasteiger partial charge in [-0.05, 0) is 68.0 Å². The number of hydrogen-bond acceptors (Lipinski definition) is 2. The van der Waals surface area contributed by atoms with Gasteiger partial charge in [-0.3, -0.25) is 4.79 Å². The van der Waals surface area contributed by atoms with Crippen LogP contribution in [0.2, 0.25) is 0 Å². The molecule has 226 valence electrons. The molecule has 3 unspecified atom stereocenters. The zero-order valence-electron chi connectivity index (χ0n) is 24.0. The van der Waals surface area contributed by atoms with E-state index >= 15 is 0 Å². The molecule has 2 aromatic rings. The molecule has 3 amide bonds. The molecule has 0 N–H and O–H groups in total. The van der Waals surface area contributed by atoms with Crippen LogP contribution in [-0.4, -0.2) is 52.8 Å². The number of amides is 3. The number of carbonyl (C=O) groups is 2. The highest BCUT2D eigenvalue weighted by molar-refractivity contribution is 5.87.